The smallest absolute Gasteiger partial charge is 0.113 e. The minimum absolute atomic E-state index is 0.213. The predicted molar refractivity (Wildman–Crippen MR) is 116 cm³/mol. The van der Waals surface area contributed by atoms with Crippen LogP contribution >= 0.6 is 0 Å². The molecule has 7 unspecified atom stereocenters. The van der Waals surface area contributed by atoms with Crippen LogP contribution in [0, 0.1) is 17.8 Å². The molecular weight excluding hydrogens is 362 g/mol. The van der Waals surface area contributed by atoms with E-state index in [2.05, 4.69) is 46.3 Å². The van der Waals surface area contributed by atoms with Gasteiger partial charge in [0.15, 0.2) is 0 Å². The van der Waals surface area contributed by atoms with Crippen molar-refractivity contribution < 1.29 is 4.74 Å². The fraction of sp³-hybridized carbons (Fsp3) is 0.913. The molecule has 5 rings (SSSR count). The van der Waals surface area contributed by atoms with Crippen LogP contribution < -0.4 is 21.3 Å². The Bertz CT molecular complexity index is 594. The van der Waals surface area contributed by atoms with Crippen LogP contribution in [0.25, 0.3) is 0 Å². The summed E-state index contributed by atoms with van der Waals surface area (Å²) in [6, 6.07) is 1.21. The lowest BCUT2D eigenvalue weighted by molar-refractivity contribution is 0.0173. The molecule has 164 valence electrons. The van der Waals surface area contributed by atoms with Gasteiger partial charge in [-0.1, -0.05) is 11.6 Å². The summed E-state index contributed by atoms with van der Waals surface area (Å²) < 4.78 is 6.30. The van der Waals surface area contributed by atoms with Gasteiger partial charge in [-0.3, -0.25) is 16.0 Å². The van der Waals surface area contributed by atoms with E-state index in [1.165, 1.54) is 57.9 Å². The average Bonchev–Trinajstić information content (AvgIpc) is 3.50. The van der Waals surface area contributed by atoms with Crippen LogP contribution in [0.3, 0.4) is 0 Å². The molecule has 0 radical (unpaired) electrons. The number of hydrogen-bond acceptors (Lipinski definition) is 6. The molecular formula is C23H41N5O. The molecule has 2 aliphatic carbocycles. The van der Waals surface area contributed by atoms with Crippen LogP contribution in [0.4, 0.5) is 0 Å². The number of ether oxygens (including phenoxy) is 1. The van der Waals surface area contributed by atoms with E-state index < -0.39 is 0 Å². The highest BCUT2D eigenvalue weighted by atomic mass is 16.5. The van der Waals surface area contributed by atoms with Gasteiger partial charge in [0.2, 0.25) is 0 Å². The van der Waals surface area contributed by atoms with E-state index in [0.29, 0.717) is 30.3 Å². The Labute approximate surface area is 176 Å². The molecule has 3 heterocycles. The molecule has 0 aromatic heterocycles. The first-order valence-corrected chi connectivity index (χ1v) is 12.1. The summed E-state index contributed by atoms with van der Waals surface area (Å²) in [6.07, 6.45) is 13.8. The molecule has 4 fully saturated rings. The number of rotatable bonds is 5. The maximum atomic E-state index is 6.30. The van der Waals surface area contributed by atoms with Gasteiger partial charge in [0.1, 0.15) is 6.29 Å². The molecule has 29 heavy (non-hydrogen) atoms. The largest absolute Gasteiger partial charge is 0.377 e. The Morgan fingerprint density at radius 3 is 2.83 bits per heavy atom. The van der Waals surface area contributed by atoms with Gasteiger partial charge in [-0.15, -0.1) is 0 Å². The van der Waals surface area contributed by atoms with Crippen molar-refractivity contribution in [1.82, 2.24) is 26.2 Å². The summed E-state index contributed by atoms with van der Waals surface area (Å²) in [5.41, 5.74) is 1.67. The number of likely N-dealkylation sites (N-methyl/N-ethyl adjacent to an activating group) is 1. The van der Waals surface area contributed by atoms with Crippen molar-refractivity contribution in [1.29, 1.82) is 0 Å². The van der Waals surface area contributed by atoms with Crippen molar-refractivity contribution in [3.63, 3.8) is 0 Å². The Hall–Kier alpha value is -0.500. The van der Waals surface area contributed by atoms with Gasteiger partial charge in [-0.2, -0.15) is 0 Å². The molecule has 0 spiro atoms. The van der Waals surface area contributed by atoms with Crippen LogP contribution in [0.15, 0.2) is 11.6 Å². The van der Waals surface area contributed by atoms with Gasteiger partial charge in [0.05, 0.1) is 12.3 Å². The Morgan fingerprint density at radius 1 is 1.10 bits per heavy atom. The van der Waals surface area contributed by atoms with E-state index in [4.69, 9.17) is 4.74 Å². The first kappa shape index (κ1) is 20.4. The molecule has 2 saturated heterocycles. The van der Waals surface area contributed by atoms with Crippen molar-refractivity contribution >= 4 is 0 Å². The van der Waals surface area contributed by atoms with Gasteiger partial charge in [0.25, 0.3) is 0 Å². The van der Waals surface area contributed by atoms with E-state index in [-0.39, 0.29) is 6.29 Å². The molecule has 5 aliphatic rings. The minimum atomic E-state index is 0.213. The monoisotopic (exact) mass is 403 g/mol. The topological polar surface area (TPSA) is 60.6 Å². The fourth-order valence-electron chi connectivity index (χ4n) is 6.32. The molecule has 2 saturated carbocycles. The first-order valence-electron chi connectivity index (χ1n) is 12.1. The van der Waals surface area contributed by atoms with Crippen molar-refractivity contribution in [3.05, 3.63) is 11.6 Å². The second-order valence-electron chi connectivity index (χ2n) is 10.3. The fourth-order valence-corrected chi connectivity index (χ4v) is 6.32. The van der Waals surface area contributed by atoms with Gasteiger partial charge in [-0.25, -0.2) is 0 Å². The molecule has 0 aromatic carbocycles. The number of fused-ring (bicyclic) bond motifs is 1. The zero-order chi connectivity index (χ0) is 19.8. The molecule has 3 aliphatic heterocycles. The van der Waals surface area contributed by atoms with E-state index >= 15 is 0 Å². The second-order valence-corrected chi connectivity index (χ2v) is 10.3. The summed E-state index contributed by atoms with van der Waals surface area (Å²) in [4.78, 5) is 2.45. The minimum Gasteiger partial charge on any atom is -0.377 e. The number of nitrogens with one attached hydrogen (secondary N) is 4. The van der Waals surface area contributed by atoms with Crippen molar-refractivity contribution in [2.75, 3.05) is 33.8 Å². The highest BCUT2D eigenvalue weighted by Gasteiger charge is 2.44. The normalized spacial score (nSPS) is 44.2. The average molecular weight is 404 g/mol. The maximum absolute atomic E-state index is 6.30. The third-order valence-electron chi connectivity index (χ3n) is 8.11. The highest BCUT2D eigenvalue weighted by Crippen LogP contribution is 2.43. The number of nitrogens with zero attached hydrogens (tertiary/aromatic N) is 1. The van der Waals surface area contributed by atoms with E-state index in [9.17, 15) is 0 Å². The summed E-state index contributed by atoms with van der Waals surface area (Å²) in [6.45, 7) is 3.27. The standard InChI is InChI=1S/C23H41N5O/c1-24-21-14-20(16-5-6-16)26-23(27-21)25-18-12-17-8-11-29-22(17)19(13-18)15-4-3-9-28(2)10-7-15/h7,16-27H,3-6,8-14H2,1-2H3. The van der Waals surface area contributed by atoms with E-state index in [1.54, 1.807) is 5.57 Å². The molecule has 7 atom stereocenters. The zero-order valence-corrected chi connectivity index (χ0v) is 18.3. The molecule has 0 bridgehead atoms. The number of hydrogen-bond donors (Lipinski definition) is 4. The summed E-state index contributed by atoms with van der Waals surface area (Å²) in [7, 11) is 4.32. The summed E-state index contributed by atoms with van der Waals surface area (Å²) >= 11 is 0. The van der Waals surface area contributed by atoms with Crippen LogP contribution in [-0.4, -0.2) is 69.3 Å². The first-order chi connectivity index (χ1) is 14.2. The third-order valence-corrected chi connectivity index (χ3v) is 8.11. The van der Waals surface area contributed by atoms with Gasteiger partial charge in [0, 0.05) is 31.2 Å². The van der Waals surface area contributed by atoms with Gasteiger partial charge < -0.3 is 15.0 Å². The van der Waals surface area contributed by atoms with Crippen LogP contribution in [0.2, 0.25) is 0 Å². The Morgan fingerprint density at radius 2 is 2.00 bits per heavy atom. The predicted octanol–water partition coefficient (Wildman–Crippen LogP) is 1.60. The molecule has 6 heteroatoms. The second kappa shape index (κ2) is 8.93. The SMILES string of the molecule is CNC1CC(C2CC2)NC(NC2CC3CCOC3C(C3=CCN(C)CCC3)C2)N1. The van der Waals surface area contributed by atoms with Crippen LogP contribution in [-0.2, 0) is 4.74 Å². The molecule has 4 N–H and O–H groups in total. The molecule has 6 nitrogen and oxygen atoms in total. The highest BCUT2D eigenvalue weighted by molar-refractivity contribution is 5.15. The lowest BCUT2D eigenvalue weighted by Gasteiger charge is -2.44. The molecule has 0 amide bonds. The van der Waals surface area contributed by atoms with Crippen LogP contribution in [0.5, 0.6) is 0 Å². The van der Waals surface area contributed by atoms with Crippen molar-refractivity contribution in [3.8, 4) is 0 Å². The van der Waals surface area contributed by atoms with Gasteiger partial charge >= 0.3 is 0 Å². The summed E-state index contributed by atoms with van der Waals surface area (Å²) in [5, 5.41) is 15.1. The lowest BCUT2D eigenvalue weighted by atomic mass is 9.72. The maximum Gasteiger partial charge on any atom is 0.113 e. The van der Waals surface area contributed by atoms with Crippen molar-refractivity contribution in [2.45, 2.75) is 82.0 Å². The Balaban J connectivity index is 1.26. The van der Waals surface area contributed by atoms with Gasteiger partial charge in [-0.05, 0) is 83.8 Å². The van der Waals surface area contributed by atoms with E-state index in [0.717, 1.165) is 25.0 Å². The van der Waals surface area contributed by atoms with E-state index in [1.807, 2.05) is 0 Å². The summed E-state index contributed by atoms with van der Waals surface area (Å²) in [5.74, 6) is 2.20. The quantitative estimate of drug-likeness (QED) is 0.523. The lowest BCUT2D eigenvalue weighted by Crippen LogP contribution is -2.69. The molecule has 0 aromatic rings. The van der Waals surface area contributed by atoms with Crippen molar-refractivity contribution in [2.24, 2.45) is 17.8 Å². The zero-order valence-electron chi connectivity index (χ0n) is 18.3. The van der Waals surface area contributed by atoms with Crippen LogP contribution in [0.1, 0.15) is 51.4 Å². The Kier molecular flexibility index (Phi) is 6.28. The third kappa shape index (κ3) is 4.73.